The third-order valence-corrected chi connectivity index (χ3v) is 3.16. The monoisotopic (exact) mass is 259 g/mol. The van der Waals surface area contributed by atoms with Crippen LogP contribution in [0.3, 0.4) is 0 Å². The molecular weight excluding hydrogens is 245 g/mol. The summed E-state index contributed by atoms with van der Waals surface area (Å²) in [5.41, 5.74) is 1.58. The molecule has 0 saturated carbocycles. The van der Waals surface area contributed by atoms with E-state index in [1.807, 2.05) is 26.0 Å². The van der Waals surface area contributed by atoms with Gasteiger partial charge in [0.25, 0.3) is 5.91 Å². The first kappa shape index (κ1) is 13.3. The Morgan fingerprint density at radius 2 is 2.06 bits per heavy atom. The summed E-state index contributed by atoms with van der Waals surface area (Å²) < 4.78 is 0. The fourth-order valence-electron chi connectivity index (χ4n) is 1.37. The van der Waals surface area contributed by atoms with Gasteiger partial charge < -0.3 is 4.90 Å². The van der Waals surface area contributed by atoms with E-state index < -0.39 is 0 Å². The minimum atomic E-state index is -0.0567. The number of aryl methyl sites for hydroxylation is 1. The van der Waals surface area contributed by atoms with Crippen LogP contribution in [0, 0.1) is 6.92 Å². The Bertz CT molecular complexity index is 372. The minimum Gasteiger partial charge on any atom is -0.338 e. The first-order valence-electron chi connectivity index (χ1n) is 5.06. The lowest BCUT2D eigenvalue weighted by molar-refractivity contribution is 0.0756. The zero-order chi connectivity index (χ0) is 12.3. The van der Waals surface area contributed by atoms with Gasteiger partial charge in [0.15, 0.2) is 0 Å². The Morgan fingerprint density at radius 3 is 2.56 bits per heavy atom. The highest BCUT2D eigenvalue weighted by Crippen LogP contribution is 2.16. The van der Waals surface area contributed by atoms with Crippen LogP contribution in [0.15, 0.2) is 18.2 Å². The van der Waals surface area contributed by atoms with Crippen LogP contribution in [0.1, 0.15) is 22.8 Å². The van der Waals surface area contributed by atoms with Crippen molar-refractivity contribution in [3.8, 4) is 0 Å². The molecule has 1 aromatic rings. The van der Waals surface area contributed by atoms with Gasteiger partial charge in [-0.05, 0) is 37.6 Å². The van der Waals surface area contributed by atoms with E-state index in [1.165, 1.54) is 0 Å². The van der Waals surface area contributed by atoms with Crippen molar-refractivity contribution in [2.75, 3.05) is 12.9 Å². The molecule has 1 atom stereocenters. The highest BCUT2D eigenvalue weighted by molar-refractivity contribution is 6.31. The van der Waals surface area contributed by atoms with Gasteiger partial charge in [-0.3, -0.25) is 4.79 Å². The SMILES string of the molecule is Cc1cc(Cl)cc(C(=O)N(C)C(C)CCl)c1. The number of carbonyl (C=O) groups excluding carboxylic acids is 1. The first-order chi connectivity index (χ1) is 7.45. The van der Waals surface area contributed by atoms with Gasteiger partial charge in [-0.2, -0.15) is 0 Å². The summed E-state index contributed by atoms with van der Waals surface area (Å²) >= 11 is 11.6. The molecule has 0 radical (unpaired) electrons. The average Bonchev–Trinajstić information content (AvgIpc) is 2.24. The molecule has 1 unspecified atom stereocenters. The molecule has 0 N–H and O–H groups in total. The number of benzene rings is 1. The second kappa shape index (κ2) is 5.55. The van der Waals surface area contributed by atoms with Crippen LogP contribution in [0.5, 0.6) is 0 Å². The third-order valence-electron chi connectivity index (χ3n) is 2.49. The molecule has 0 bridgehead atoms. The summed E-state index contributed by atoms with van der Waals surface area (Å²) in [5, 5.41) is 0.579. The second-order valence-corrected chi connectivity index (χ2v) is 4.68. The summed E-state index contributed by atoms with van der Waals surface area (Å²) in [4.78, 5) is 13.7. The molecule has 1 aromatic carbocycles. The normalized spacial score (nSPS) is 12.3. The maximum absolute atomic E-state index is 12.1. The number of amides is 1. The van der Waals surface area contributed by atoms with E-state index in [4.69, 9.17) is 23.2 Å². The standard InChI is InChI=1S/C12H15Cl2NO/c1-8-4-10(6-11(14)5-8)12(16)15(3)9(2)7-13/h4-6,9H,7H2,1-3H3. The van der Waals surface area contributed by atoms with Gasteiger partial charge >= 0.3 is 0 Å². The summed E-state index contributed by atoms with van der Waals surface area (Å²) in [6.45, 7) is 3.82. The molecule has 0 aliphatic rings. The molecule has 2 nitrogen and oxygen atoms in total. The van der Waals surface area contributed by atoms with Crippen molar-refractivity contribution < 1.29 is 4.79 Å². The Labute approximate surface area is 106 Å². The van der Waals surface area contributed by atoms with Gasteiger partial charge in [0.05, 0.1) is 0 Å². The van der Waals surface area contributed by atoms with Gasteiger partial charge in [-0.15, -0.1) is 11.6 Å². The smallest absolute Gasteiger partial charge is 0.253 e. The first-order valence-corrected chi connectivity index (χ1v) is 5.97. The molecule has 4 heteroatoms. The molecule has 0 spiro atoms. The zero-order valence-corrected chi connectivity index (χ0v) is 11.1. The molecule has 1 rings (SSSR count). The van der Waals surface area contributed by atoms with Gasteiger partial charge in [0, 0.05) is 29.6 Å². The number of hydrogen-bond donors (Lipinski definition) is 0. The van der Waals surface area contributed by atoms with Crippen LogP contribution in [-0.4, -0.2) is 29.8 Å². The molecule has 0 heterocycles. The highest BCUT2D eigenvalue weighted by atomic mass is 35.5. The van der Waals surface area contributed by atoms with Crippen LogP contribution in [0.2, 0.25) is 5.02 Å². The van der Waals surface area contributed by atoms with Crippen LogP contribution in [0.4, 0.5) is 0 Å². The topological polar surface area (TPSA) is 20.3 Å². The van der Waals surface area contributed by atoms with Crippen molar-refractivity contribution >= 4 is 29.1 Å². The predicted molar refractivity (Wildman–Crippen MR) is 68.5 cm³/mol. The highest BCUT2D eigenvalue weighted by Gasteiger charge is 2.17. The van der Waals surface area contributed by atoms with Crippen LogP contribution in [-0.2, 0) is 0 Å². The number of nitrogens with zero attached hydrogens (tertiary/aromatic N) is 1. The maximum atomic E-state index is 12.1. The lowest BCUT2D eigenvalue weighted by Gasteiger charge is -2.23. The molecule has 88 valence electrons. The van der Waals surface area contributed by atoms with Crippen molar-refractivity contribution in [3.05, 3.63) is 34.3 Å². The van der Waals surface area contributed by atoms with E-state index in [0.29, 0.717) is 16.5 Å². The Balaban J connectivity index is 2.96. The van der Waals surface area contributed by atoms with E-state index in [0.717, 1.165) is 5.56 Å². The molecule has 0 aliphatic heterocycles. The number of halogens is 2. The quantitative estimate of drug-likeness (QED) is 0.763. The molecular formula is C12H15Cl2NO. The van der Waals surface area contributed by atoms with Gasteiger partial charge in [-0.1, -0.05) is 11.6 Å². The molecule has 0 fully saturated rings. The second-order valence-electron chi connectivity index (χ2n) is 3.94. The van der Waals surface area contributed by atoms with Crippen LogP contribution >= 0.6 is 23.2 Å². The van der Waals surface area contributed by atoms with Crippen molar-refractivity contribution in [2.24, 2.45) is 0 Å². The van der Waals surface area contributed by atoms with E-state index in [1.54, 1.807) is 18.0 Å². The largest absolute Gasteiger partial charge is 0.338 e. The third kappa shape index (κ3) is 3.13. The summed E-state index contributed by atoms with van der Waals surface area (Å²) in [5.74, 6) is 0.362. The van der Waals surface area contributed by atoms with E-state index in [2.05, 4.69) is 0 Å². The Hall–Kier alpha value is -0.730. The summed E-state index contributed by atoms with van der Waals surface area (Å²) in [6, 6.07) is 5.33. The summed E-state index contributed by atoms with van der Waals surface area (Å²) in [6.07, 6.45) is 0. The van der Waals surface area contributed by atoms with Crippen molar-refractivity contribution in [2.45, 2.75) is 19.9 Å². The van der Waals surface area contributed by atoms with Crippen molar-refractivity contribution in [1.82, 2.24) is 4.90 Å². The van der Waals surface area contributed by atoms with Crippen LogP contribution < -0.4 is 0 Å². The fraction of sp³-hybridized carbons (Fsp3) is 0.417. The number of alkyl halides is 1. The Kier molecular flexibility index (Phi) is 4.63. The zero-order valence-electron chi connectivity index (χ0n) is 9.63. The van der Waals surface area contributed by atoms with E-state index in [9.17, 15) is 4.79 Å². The Morgan fingerprint density at radius 1 is 1.44 bits per heavy atom. The van der Waals surface area contributed by atoms with Gasteiger partial charge in [-0.25, -0.2) is 0 Å². The molecule has 16 heavy (non-hydrogen) atoms. The average molecular weight is 260 g/mol. The minimum absolute atomic E-state index is 0.00783. The van der Waals surface area contributed by atoms with E-state index >= 15 is 0 Å². The van der Waals surface area contributed by atoms with E-state index in [-0.39, 0.29) is 11.9 Å². The maximum Gasteiger partial charge on any atom is 0.253 e. The van der Waals surface area contributed by atoms with Crippen LogP contribution in [0.25, 0.3) is 0 Å². The van der Waals surface area contributed by atoms with Gasteiger partial charge in [0.1, 0.15) is 0 Å². The molecule has 0 aliphatic carbocycles. The number of rotatable bonds is 3. The number of carbonyl (C=O) groups is 1. The predicted octanol–water partition coefficient (Wildman–Crippen LogP) is 3.35. The molecule has 0 aromatic heterocycles. The fourth-order valence-corrected chi connectivity index (χ4v) is 1.86. The van der Waals surface area contributed by atoms with Crippen molar-refractivity contribution in [1.29, 1.82) is 0 Å². The molecule has 1 amide bonds. The lowest BCUT2D eigenvalue weighted by Crippen LogP contribution is -2.36. The van der Waals surface area contributed by atoms with Gasteiger partial charge in [0.2, 0.25) is 0 Å². The molecule has 0 saturated heterocycles. The summed E-state index contributed by atoms with van der Waals surface area (Å²) in [7, 11) is 1.74. The van der Waals surface area contributed by atoms with Crippen molar-refractivity contribution in [3.63, 3.8) is 0 Å². The number of hydrogen-bond acceptors (Lipinski definition) is 1. The lowest BCUT2D eigenvalue weighted by atomic mass is 10.1.